The molecule has 0 heterocycles. The first-order valence-corrected chi connectivity index (χ1v) is 17.6. The first kappa shape index (κ1) is 41.4. The van der Waals surface area contributed by atoms with Crippen LogP contribution in [0.15, 0.2) is 0 Å². The molecule has 0 aliphatic carbocycles. The smallest absolute Gasteiger partial charge is 0.0657 e. The van der Waals surface area contributed by atoms with Crippen LogP contribution in [0.3, 0.4) is 0 Å². The van der Waals surface area contributed by atoms with E-state index in [1.807, 2.05) is 0 Å². The molecule has 0 aromatic carbocycles. The Labute approximate surface area is 174 Å². The lowest BCUT2D eigenvalue weighted by Gasteiger charge is -1.96. The highest BCUT2D eigenvalue weighted by Gasteiger charge is 1.84. The molecule has 0 fully saturated rings. The van der Waals surface area contributed by atoms with E-state index in [9.17, 15) is 0 Å². The average molecular weight is 470 g/mol. The molecule has 0 amide bonds. The zero-order chi connectivity index (χ0) is 19.4. The van der Waals surface area contributed by atoms with Crippen molar-refractivity contribution < 1.29 is 0 Å². The van der Waals surface area contributed by atoms with E-state index in [2.05, 4.69) is 77.6 Å². The maximum atomic E-state index is 5.01. The minimum absolute atomic E-state index is 0. The Morgan fingerprint density at radius 2 is 1.17 bits per heavy atom. The fourth-order valence-corrected chi connectivity index (χ4v) is 2.68. The molecule has 0 saturated carbocycles. The molecule has 0 spiro atoms. The monoisotopic (exact) mass is 470 g/mol. The molecule has 24 heavy (non-hydrogen) atoms. The minimum atomic E-state index is 0. The first-order chi connectivity index (χ1) is 10.9. The Kier molecular flexibility index (Phi) is 97.1. The maximum absolute atomic E-state index is 5.01. The van der Waals surface area contributed by atoms with Crippen molar-refractivity contribution in [1.82, 2.24) is 0 Å². The summed E-state index contributed by atoms with van der Waals surface area (Å²) in [5.74, 6) is 0. The Balaban J connectivity index is -0.0000000422. The summed E-state index contributed by atoms with van der Waals surface area (Å²) in [5, 5.41) is 0. The van der Waals surface area contributed by atoms with Crippen LogP contribution < -0.4 is 0 Å². The van der Waals surface area contributed by atoms with Gasteiger partial charge in [-0.05, 0) is 18.5 Å². The van der Waals surface area contributed by atoms with Crippen molar-refractivity contribution in [3.63, 3.8) is 0 Å². The van der Waals surface area contributed by atoms with Gasteiger partial charge in [0.1, 0.15) is 0 Å². The summed E-state index contributed by atoms with van der Waals surface area (Å²) in [7, 11) is 17.1. The Bertz CT molecular complexity index is 113. The van der Waals surface area contributed by atoms with Crippen LogP contribution in [0, 0.1) is 0 Å². The lowest BCUT2D eigenvalue weighted by molar-refractivity contribution is 0.772. The molecule has 0 aromatic heterocycles. The largest absolute Gasteiger partial charge is 0.153 e. The van der Waals surface area contributed by atoms with E-state index in [4.69, 9.17) is 7.85 Å². The Hall–Kier alpha value is 3.07. The molecular weight excluding hydrogens is 420 g/mol. The quantitative estimate of drug-likeness (QED) is 0.259. The maximum Gasteiger partial charge on any atom is 0.0657 e. The molecule has 6 unspecified atom stereocenters. The summed E-state index contributed by atoms with van der Waals surface area (Å²) in [5.41, 5.74) is 0. The predicted octanol–water partition coefficient (Wildman–Crippen LogP) is 8.44. The summed E-state index contributed by atoms with van der Waals surface area (Å²) in [6.45, 7) is 13.2. The van der Waals surface area contributed by atoms with Crippen LogP contribution in [0.4, 0.5) is 0 Å². The van der Waals surface area contributed by atoms with Crippen molar-refractivity contribution >= 4 is 69.3 Å². The number of rotatable bonds is 7. The summed E-state index contributed by atoms with van der Waals surface area (Å²) < 4.78 is 0. The van der Waals surface area contributed by atoms with E-state index in [0.717, 1.165) is 20.8 Å². The van der Waals surface area contributed by atoms with E-state index in [0.29, 0.717) is 0 Å². The molecular formula is C16H50BP7. The molecule has 0 bridgehead atoms. The lowest BCUT2D eigenvalue weighted by atomic mass is 10.1. The van der Waals surface area contributed by atoms with Gasteiger partial charge in [-0.25, -0.2) is 0 Å². The van der Waals surface area contributed by atoms with Crippen molar-refractivity contribution in [2.24, 2.45) is 0 Å². The number of hydrogen-bond acceptors (Lipinski definition) is 0. The van der Waals surface area contributed by atoms with E-state index >= 15 is 0 Å². The average Bonchev–Trinajstić information content (AvgIpc) is 2.56. The van der Waals surface area contributed by atoms with Gasteiger partial charge < -0.3 is 0 Å². The van der Waals surface area contributed by atoms with Gasteiger partial charge in [-0.3, -0.25) is 0 Å². The third kappa shape index (κ3) is 118. The second-order valence-corrected chi connectivity index (χ2v) is 14.9. The Morgan fingerprint density at radius 3 is 1.17 bits per heavy atom. The SMILES string of the molecule is CCCC.CCCCC.CCCP(P)P.CCPP.P.[B]CCP. The van der Waals surface area contributed by atoms with Crippen LogP contribution in [0.2, 0.25) is 6.32 Å². The molecule has 8 heteroatoms. The van der Waals surface area contributed by atoms with Crippen molar-refractivity contribution in [2.45, 2.75) is 86.4 Å². The number of unbranched alkanes of at least 4 members (excludes halogenated alkanes) is 3. The van der Waals surface area contributed by atoms with Crippen molar-refractivity contribution in [1.29, 1.82) is 0 Å². The molecule has 0 rings (SSSR count). The highest BCUT2D eigenvalue weighted by molar-refractivity contribution is 8.43. The summed E-state index contributed by atoms with van der Waals surface area (Å²) in [4.78, 5) is 0. The van der Waals surface area contributed by atoms with E-state index in [1.54, 1.807) is 0 Å². The van der Waals surface area contributed by atoms with Crippen LogP contribution in [-0.2, 0) is 0 Å². The van der Waals surface area contributed by atoms with E-state index in [-0.39, 0.29) is 17.2 Å². The normalized spacial score (nSPS) is 8.46. The number of hydrogen-bond donors (Lipinski definition) is 0. The van der Waals surface area contributed by atoms with Crippen LogP contribution in [0.1, 0.15) is 80.1 Å². The van der Waals surface area contributed by atoms with Crippen LogP contribution in [-0.4, -0.2) is 26.3 Å². The molecule has 0 aliphatic heterocycles. The molecule has 0 aromatic rings. The van der Waals surface area contributed by atoms with Crippen LogP contribution in [0.25, 0.3) is 0 Å². The van der Waals surface area contributed by atoms with Crippen molar-refractivity contribution in [2.75, 3.05) is 18.5 Å². The second-order valence-electron chi connectivity index (χ2n) is 4.73. The third-order valence-electron chi connectivity index (χ3n) is 2.06. The Morgan fingerprint density at radius 1 is 0.833 bits per heavy atom. The second kappa shape index (κ2) is 56.2. The van der Waals surface area contributed by atoms with Gasteiger partial charge >= 0.3 is 0 Å². The van der Waals surface area contributed by atoms with Crippen molar-refractivity contribution in [3.05, 3.63) is 0 Å². The molecule has 2 radical (unpaired) electrons. The van der Waals surface area contributed by atoms with Gasteiger partial charge in [0, 0.05) is 0 Å². The zero-order valence-electron chi connectivity index (χ0n) is 17.6. The van der Waals surface area contributed by atoms with Gasteiger partial charge in [0.05, 0.1) is 7.85 Å². The first-order valence-electron chi connectivity index (χ1n) is 9.03. The zero-order valence-corrected chi connectivity index (χ0v) is 25.5. The van der Waals surface area contributed by atoms with Gasteiger partial charge in [-0.1, -0.05) is 93.7 Å². The topological polar surface area (TPSA) is 0 Å². The summed E-state index contributed by atoms with van der Waals surface area (Å²) in [6.07, 6.45) is 12.5. The van der Waals surface area contributed by atoms with E-state index in [1.165, 1.54) is 50.8 Å². The van der Waals surface area contributed by atoms with E-state index < -0.39 is 0 Å². The summed E-state index contributed by atoms with van der Waals surface area (Å²) >= 11 is 0. The molecule has 152 valence electrons. The molecule has 0 aliphatic rings. The fourth-order valence-electron chi connectivity index (χ4n) is 0.612. The highest BCUT2D eigenvalue weighted by atomic mass is 32.4. The van der Waals surface area contributed by atoms with Gasteiger partial charge in [0.25, 0.3) is 0 Å². The molecule has 0 N–H and O–H groups in total. The summed E-state index contributed by atoms with van der Waals surface area (Å²) in [6, 6.07) is 0. The van der Waals surface area contributed by atoms with Gasteiger partial charge in [-0.15, -0.1) is 44.3 Å². The lowest BCUT2D eigenvalue weighted by Crippen LogP contribution is -1.63. The van der Waals surface area contributed by atoms with Crippen LogP contribution in [0.5, 0.6) is 0 Å². The van der Waals surface area contributed by atoms with Crippen LogP contribution >= 0.6 is 61.5 Å². The molecule has 6 atom stereocenters. The van der Waals surface area contributed by atoms with Crippen molar-refractivity contribution in [3.8, 4) is 0 Å². The fraction of sp³-hybridized carbons (Fsp3) is 1.00. The highest BCUT2D eigenvalue weighted by Crippen LogP contribution is 2.52. The predicted molar refractivity (Wildman–Crippen MR) is 152 cm³/mol. The molecule has 0 nitrogen and oxygen atoms in total. The van der Waals surface area contributed by atoms with Gasteiger partial charge in [0.15, 0.2) is 0 Å². The standard InChI is InChI=1S/C5H12.C4H10.C3H11P3.C2H6BP.C2H8P2.H3P/c1-3-5-4-2;1-3-4-2;1-2-3-6(4)5;3-1-2-4;1-2-4-3;/h3-5H2,1-2H3;3-4H2,1-2H3;2-5H2,1H3;1-2,4H2;4H,2-3H2,1H3;1H3. The van der Waals surface area contributed by atoms with Gasteiger partial charge in [0.2, 0.25) is 0 Å². The van der Waals surface area contributed by atoms with Gasteiger partial charge in [-0.2, -0.15) is 9.90 Å². The minimum Gasteiger partial charge on any atom is -0.153 e. The molecule has 0 saturated heterocycles. The third-order valence-corrected chi connectivity index (χ3v) is 6.54.